The topological polar surface area (TPSA) is 55.4 Å². The van der Waals surface area contributed by atoms with Crippen LogP contribution in [0.3, 0.4) is 0 Å². The molecular weight excluding hydrogens is 333 g/mol. The SMILES string of the molecule is CC(OC(=O)C1CC1c1ccc(F)cc1)C(=O)NC(C)c1ccccc1. The average Bonchev–Trinajstić information content (AvgIpc) is 3.43. The summed E-state index contributed by atoms with van der Waals surface area (Å²) in [6, 6.07) is 15.6. The van der Waals surface area contributed by atoms with E-state index < -0.39 is 6.10 Å². The van der Waals surface area contributed by atoms with Crippen LogP contribution in [-0.2, 0) is 14.3 Å². The number of carbonyl (C=O) groups excluding carboxylic acids is 2. The summed E-state index contributed by atoms with van der Waals surface area (Å²) in [5.41, 5.74) is 1.90. The molecule has 5 heteroatoms. The number of carbonyl (C=O) groups is 2. The molecule has 4 nitrogen and oxygen atoms in total. The molecule has 26 heavy (non-hydrogen) atoms. The molecule has 0 bridgehead atoms. The van der Waals surface area contributed by atoms with Crippen molar-refractivity contribution in [3.05, 3.63) is 71.5 Å². The monoisotopic (exact) mass is 355 g/mol. The van der Waals surface area contributed by atoms with E-state index in [2.05, 4.69) is 5.32 Å². The third kappa shape index (κ3) is 4.28. The van der Waals surface area contributed by atoms with Gasteiger partial charge in [0.1, 0.15) is 5.82 Å². The van der Waals surface area contributed by atoms with Crippen LogP contribution in [0.1, 0.15) is 43.4 Å². The molecule has 0 aromatic heterocycles. The minimum absolute atomic E-state index is 0.0432. The molecule has 4 unspecified atom stereocenters. The van der Waals surface area contributed by atoms with E-state index >= 15 is 0 Å². The molecule has 1 aliphatic rings. The highest BCUT2D eigenvalue weighted by Gasteiger charge is 2.46. The summed E-state index contributed by atoms with van der Waals surface area (Å²) in [7, 11) is 0. The third-order valence-corrected chi connectivity index (χ3v) is 4.71. The van der Waals surface area contributed by atoms with E-state index in [-0.39, 0.29) is 35.6 Å². The van der Waals surface area contributed by atoms with Gasteiger partial charge in [-0.1, -0.05) is 42.5 Å². The molecule has 1 saturated carbocycles. The Bertz CT molecular complexity index is 776. The Balaban J connectivity index is 1.50. The largest absolute Gasteiger partial charge is 0.452 e. The van der Waals surface area contributed by atoms with E-state index in [4.69, 9.17) is 4.74 Å². The molecule has 0 radical (unpaired) electrons. The molecule has 1 aliphatic carbocycles. The molecule has 1 fully saturated rings. The van der Waals surface area contributed by atoms with Crippen LogP contribution in [0.25, 0.3) is 0 Å². The molecule has 1 amide bonds. The highest BCUT2D eigenvalue weighted by molar-refractivity contribution is 5.85. The fourth-order valence-electron chi connectivity index (χ4n) is 3.00. The van der Waals surface area contributed by atoms with Crippen molar-refractivity contribution >= 4 is 11.9 Å². The van der Waals surface area contributed by atoms with Crippen molar-refractivity contribution in [1.82, 2.24) is 5.32 Å². The molecule has 2 aromatic carbocycles. The van der Waals surface area contributed by atoms with Gasteiger partial charge in [0, 0.05) is 0 Å². The quantitative estimate of drug-likeness (QED) is 0.803. The van der Waals surface area contributed by atoms with Crippen molar-refractivity contribution in [2.75, 3.05) is 0 Å². The van der Waals surface area contributed by atoms with Crippen molar-refractivity contribution < 1.29 is 18.7 Å². The van der Waals surface area contributed by atoms with Crippen LogP contribution in [0.4, 0.5) is 4.39 Å². The summed E-state index contributed by atoms with van der Waals surface area (Å²) >= 11 is 0. The van der Waals surface area contributed by atoms with Gasteiger partial charge in [0.15, 0.2) is 6.10 Å². The summed E-state index contributed by atoms with van der Waals surface area (Å²) in [5, 5.41) is 2.85. The number of rotatable bonds is 6. The second kappa shape index (κ2) is 7.68. The van der Waals surface area contributed by atoms with E-state index in [0.717, 1.165) is 11.1 Å². The van der Waals surface area contributed by atoms with E-state index in [0.29, 0.717) is 6.42 Å². The smallest absolute Gasteiger partial charge is 0.310 e. The van der Waals surface area contributed by atoms with E-state index in [9.17, 15) is 14.0 Å². The second-order valence-corrected chi connectivity index (χ2v) is 6.72. The molecule has 0 spiro atoms. The summed E-state index contributed by atoms with van der Waals surface area (Å²) in [6.45, 7) is 3.45. The van der Waals surface area contributed by atoms with Gasteiger partial charge in [0.05, 0.1) is 12.0 Å². The number of nitrogens with one attached hydrogen (secondary N) is 1. The van der Waals surface area contributed by atoms with Crippen LogP contribution >= 0.6 is 0 Å². The number of hydrogen-bond acceptors (Lipinski definition) is 3. The highest BCUT2D eigenvalue weighted by atomic mass is 19.1. The van der Waals surface area contributed by atoms with Gasteiger partial charge in [-0.25, -0.2) is 4.39 Å². The number of ether oxygens (including phenoxy) is 1. The lowest BCUT2D eigenvalue weighted by molar-refractivity contribution is -0.156. The van der Waals surface area contributed by atoms with Crippen molar-refractivity contribution in [1.29, 1.82) is 0 Å². The first kappa shape index (κ1) is 18.1. The second-order valence-electron chi connectivity index (χ2n) is 6.72. The first-order valence-electron chi connectivity index (χ1n) is 8.77. The van der Waals surface area contributed by atoms with Gasteiger partial charge in [-0.2, -0.15) is 0 Å². The van der Waals surface area contributed by atoms with Gasteiger partial charge in [-0.3, -0.25) is 9.59 Å². The minimum atomic E-state index is -0.858. The zero-order chi connectivity index (χ0) is 18.7. The van der Waals surface area contributed by atoms with E-state index in [1.54, 1.807) is 19.1 Å². The Hall–Kier alpha value is -2.69. The van der Waals surface area contributed by atoms with Crippen LogP contribution in [-0.4, -0.2) is 18.0 Å². The number of halogens is 1. The van der Waals surface area contributed by atoms with E-state index in [1.807, 2.05) is 37.3 Å². The Morgan fingerprint density at radius 1 is 1.08 bits per heavy atom. The molecular formula is C21H22FNO3. The summed E-state index contributed by atoms with van der Waals surface area (Å²) in [5.74, 6) is -1.22. The van der Waals surface area contributed by atoms with Gasteiger partial charge >= 0.3 is 5.97 Å². The molecule has 1 N–H and O–H groups in total. The van der Waals surface area contributed by atoms with Crippen molar-refractivity contribution in [2.24, 2.45) is 5.92 Å². The maximum atomic E-state index is 13.0. The van der Waals surface area contributed by atoms with Crippen molar-refractivity contribution in [3.63, 3.8) is 0 Å². The van der Waals surface area contributed by atoms with Gasteiger partial charge in [0.2, 0.25) is 0 Å². The lowest BCUT2D eigenvalue weighted by atomic mass is 10.1. The van der Waals surface area contributed by atoms with Crippen molar-refractivity contribution in [2.45, 2.75) is 38.3 Å². The van der Waals surface area contributed by atoms with Crippen molar-refractivity contribution in [3.8, 4) is 0 Å². The maximum absolute atomic E-state index is 13.0. The van der Waals surface area contributed by atoms with Gasteiger partial charge in [-0.05, 0) is 49.4 Å². The maximum Gasteiger partial charge on any atom is 0.310 e. The standard InChI is InChI=1S/C21H22FNO3/c1-13(15-6-4-3-5-7-15)23-20(24)14(2)26-21(25)19-12-18(19)16-8-10-17(22)11-9-16/h3-11,13-14,18-19H,12H2,1-2H3,(H,23,24). The summed E-state index contributed by atoms with van der Waals surface area (Å²) < 4.78 is 18.3. The zero-order valence-electron chi connectivity index (χ0n) is 14.8. The Morgan fingerprint density at radius 3 is 2.38 bits per heavy atom. The minimum Gasteiger partial charge on any atom is -0.452 e. The Labute approximate surface area is 152 Å². The number of esters is 1. The fraction of sp³-hybridized carbons (Fsp3) is 0.333. The Morgan fingerprint density at radius 2 is 1.73 bits per heavy atom. The molecule has 0 aliphatic heterocycles. The lowest BCUT2D eigenvalue weighted by Crippen LogP contribution is -2.37. The third-order valence-electron chi connectivity index (χ3n) is 4.71. The van der Waals surface area contributed by atoms with Crippen LogP contribution < -0.4 is 5.32 Å². The predicted molar refractivity (Wildman–Crippen MR) is 95.8 cm³/mol. The molecule has 0 heterocycles. The van der Waals surface area contributed by atoms with Crippen LogP contribution in [0, 0.1) is 11.7 Å². The van der Waals surface area contributed by atoms with Gasteiger partial charge < -0.3 is 10.1 Å². The average molecular weight is 355 g/mol. The lowest BCUT2D eigenvalue weighted by Gasteiger charge is -2.18. The van der Waals surface area contributed by atoms with Gasteiger partial charge in [0.25, 0.3) is 5.91 Å². The molecule has 4 atom stereocenters. The zero-order valence-corrected chi connectivity index (χ0v) is 14.8. The first-order chi connectivity index (χ1) is 12.5. The van der Waals surface area contributed by atoms with Gasteiger partial charge in [-0.15, -0.1) is 0 Å². The fourth-order valence-corrected chi connectivity index (χ4v) is 3.00. The van der Waals surface area contributed by atoms with Crippen LogP contribution in [0.15, 0.2) is 54.6 Å². The molecule has 3 rings (SSSR count). The van der Waals surface area contributed by atoms with E-state index in [1.165, 1.54) is 12.1 Å². The molecule has 0 saturated heterocycles. The predicted octanol–water partition coefficient (Wildman–Crippen LogP) is 3.74. The number of amides is 1. The first-order valence-corrected chi connectivity index (χ1v) is 8.77. The normalized spacial score (nSPS) is 20.7. The van der Waals surface area contributed by atoms with Crippen LogP contribution in [0.2, 0.25) is 0 Å². The highest BCUT2D eigenvalue weighted by Crippen LogP contribution is 2.48. The molecule has 2 aromatic rings. The summed E-state index contributed by atoms with van der Waals surface area (Å²) in [6.07, 6.45) is -0.192. The number of benzene rings is 2. The summed E-state index contributed by atoms with van der Waals surface area (Å²) in [4.78, 5) is 24.5. The van der Waals surface area contributed by atoms with Crippen LogP contribution in [0.5, 0.6) is 0 Å². The molecule has 136 valence electrons. The number of hydrogen-bond donors (Lipinski definition) is 1. The Kier molecular flexibility index (Phi) is 5.35.